The zero-order chi connectivity index (χ0) is 20.1. The van der Waals surface area contributed by atoms with Crippen molar-refractivity contribution in [2.45, 2.75) is 32.0 Å². The molecule has 2 aromatic rings. The van der Waals surface area contributed by atoms with Gasteiger partial charge in [-0.25, -0.2) is 4.98 Å². The normalized spacial score (nSPS) is 22.1. The lowest BCUT2D eigenvalue weighted by atomic mass is 9.93. The van der Waals surface area contributed by atoms with Gasteiger partial charge in [-0.05, 0) is 43.9 Å². The predicted molar refractivity (Wildman–Crippen MR) is 93.5 cm³/mol. The minimum Gasteiger partial charge on any atom is -0.507 e. The van der Waals surface area contributed by atoms with Gasteiger partial charge in [-0.3, -0.25) is 4.79 Å². The minimum atomic E-state index is -4.55. The molecule has 1 aromatic heterocycles. The fourth-order valence-electron chi connectivity index (χ4n) is 3.89. The Morgan fingerprint density at radius 3 is 2.71 bits per heavy atom. The van der Waals surface area contributed by atoms with Crippen LogP contribution in [0, 0.1) is 12.8 Å². The second-order valence-corrected chi connectivity index (χ2v) is 7.04. The molecule has 4 rings (SSSR count). The maximum absolute atomic E-state index is 12.8. The van der Waals surface area contributed by atoms with Crippen molar-refractivity contribution in [1.29, 1.82) is 0 Å². The van der Waals surface area contributed by atoms with Crippen molar-refractivity contribution in [1.82, 2.24) is 20.5 Å². The van der Waals surface area contributed by atoms with E-state index in [9.17, 15) is 23.1 Å². The van der Waals surface area contributed by atoms with E-state index in [4.69, 9.17) is 0 Å². The summed E-state index contributed by atoms with van der Waals surface area (Å²) in [5, 5.41) is 21.1. The smallest absolute Gasteiger partial charge is 0.416 e. The van der Waals surface area contributed by atoms with Crippen molar-refractivity contribution >= 4 is 11.9 Å². The number of nitrogens with one attached hydrogen (secondary N) is 1. The molecule has 10 heteroatoms. The number of phenols is 1. The molecule has 1 aromatic carbocycles. The highest BCUT2D eigenvalue weighted by Gasteiger charge is 2.42. The number of hydrogen-bond acceptors (Lipinski definition) is 6. The van der Waals surface area contributed by atoms with Gasteiger partial charge in [0.25, 0.3) is 0 Å². The highest BCUT2D eigenvalue weighted by molar-refractivity contribution is 5.86. The molecule has 28 heavy (non-hydrogen) atoms. The molecule has 0 aliphatic carbocycles. The molecule has 2 aliphatic heterocycles. The Morgan fingerprint density at radius 1 is 1.25 bits per heavy atom. The Hall–Kier alpha value is -2.91. The largest absolute Gasteiger partial charge is 0.507 e. The minimum absolute atomic E-state index is 0.0561. The van der Waals surface area contributed by atoms with Gasteiger partial charge in [-0.2, -0.15) is 13.2 Å². The van der Waals surface area contributed by atoms with E-state index >= 15 is 0 Å². The molecule has 2 saturated heterocycles. The van der Waals surface area contributed by atoms with Crippen LogP contribution in [-0.2, 0) is 11.0 Å². The summed E-state index contributed by atoms with van der Waals surface area (Å²) >= 11 is 0. The number of nitrogens with zero attached hydrogens (tertiary/aromatic N) is 4. The van der Waals surface area contributed by atoms with E-state index in [-0.39, 0.29) is 29.1 Å². The van der Waals surface area contributed by atoms with Crippen molar-refractivity contribution in [2.75, 3.05) is 18.0 Å². The molecule has 148 valence electrons. The molecule has 0 spiro atoms. The van der Waals surface area contributed by atoms with E-state index in [2.05, 4.69) is 20.5 Å². The van der Waals surface area contributed by atoms with Crippen LogP contribution >= 0.6 is 0 Å². The summed E-state index contributed by atoms with van der Waals surface area (Å²) in [6.07, 6.45) is -2.79. The summed E-state index contributed by atoms with van der Waals surface area (Å²) in [4.78, 5) is 18.5. The van der Waals surface area contributed by atoms with Crippen molar-refractivity contribution < 1.29 is 23.1 Å². The third kappa shape index (κ3) is 3.12. The fourth-order valence-corrected chi connectivity index (χ4v) is 3.89. The van der Waals surface area contributed by atoms with Gasteiger partial charge in [-0.15, -0.1) is 10.2 Å². The summed E-state index contributed by atoms with van der Waals surface area (Å²) in [5.41, 5.74) is -0.235. The number of benzene rings is 1. The van der Waals surface area contributed by atoms with E-state index in [1.54, 1.807) is 6.92 Å². The van der Waals surface area contributed by atoms with Crippen LogP contribution in [0.1, 0.15) is 24.1 Å². The number of carbonyl (C=O) groups excluding carboxylic acids is 1. The molecule has 7 nitrogen and oxygen atoms in total. The second kappa shape index (κ2) is 6.61. The van der Waals surface area contributed by atoms with Gasteiger partial charge in [-0.1, -0.05) is 0 Å². The molecule has 0 unspecified atom stereocenters. The number of piperidine rings is 1. The van der Waals surface area contributed by atoms with Crippen LogP contribution in [0.4, 0.5) is 19.1 Å². The number of aryl methyl sites for hydroxylation is 1. The molecule has 3 heterocycles. The number of aromatic hydroxyl groups is 1. The Bertz CT molecular complexity index is 934. The Kier molecular flexibility index (Phi) is 4.35. The average Bonchev–Trinajstić information content (AvgIpc) is 3.07. The van der Waals surface area contributed by atoms with Crippen LogP contribution in [0.2, 0.25) is 0 Å². The van der Waals surface area contributed by atoms with Crippen molar-refractivity contribution in [2.24, 2.45) is 5.92 Å². The molecule has 2 atom stereocenters. The van der Waals surface area contributed by atoms with Gasteiger partial charge in [0.1, 0.15) is 17.5 Å². The standard InChI is InChI=1S/C18H18F3N5O2/c1-9-14(12-3-2-11(8-13(12)27)18(19,20)21)24-25-17(23-9)26-7-5-10-4-6-22-16(28)15(10)26/h2-3,8,10,15,27H,4-7H2,1H3,(H,22,28)/t10-,15+/m1/s1. The molecular formula is C18H18F3N5O2. The molecule has 2 fully saturated rings. The van der Waals surface area contributed by atoms with Crippen LogP contribution < -0.4 is 10.2 Å². The van der Waals surface area contributed by atoms with Gasteiger partial charge in [0, 0.05) is 18.7 Å². The van der Waals surface area contributed by atoms with Crippen LogP contribution in [0.3, 0.4) is 0 Å². The number of anilines is 1. The Labute approximate surface area is 158 Å². The number of carbonyl (C=O) groups is 1. The highest BCUT2D eigenvalue weighted by Crippen LogP contribution is 2.37. The first-order valence-electron chi connectivity index (χ1n) is 8.92. The third-order valence-corrected chi connectivity index (χ3v) is 5.29. The second-order valence-electron chi connectivity index (χ2n) is 7.04. The third-order valence-electron chi connectivity index (χ3n) is 5.29. The summed E-state index contributed by atoms with van der Waals surface area (Å²) in [5.74, 6) is -0.0531. The van der Waals surface area contributed by atoms with Gasteiger partial charge >= 0.3 is 6.18 Å². The van der Waals surface area contributed by atoms with Crippen LogP contribution in [0.5, 0.6) is 5.75 Å². The van der Waals surface area contributed by atoms with Gasteiger partial charge in [0.05, 0.1) is 11.3 Å². The van der Waals surface area contributed by atoms with Gasteiger partial charge in [0.2, 0.25) is 11.9 Å². The molecule has 2 aliphatic rings. The monoisotopic (exact) mass is 393 g/mol. The number of halogens is 3. The first-order valence-corrected chi connectivity index (χ1v) is 8.92. The SMILES string of the molecule is Cc1nc(N2CC[C@H]3CCNC(=O)[C@H]32)nnc1-c1ccc(C(F)(F)F)cc1O. The first-order chi connectivity index (χ1) is 13.3. The van der Waals surface area contributed by atoms with E-state index < -0.39 is 17.5 Å². The Balaban J connectivity index is 1.65. The number of hydrogen-bond donors (Lipinski definition) is 2. The lowest BCUT2D eigenvalue weighted by molar-refractivity contribution is -0.137. The molecule has 0 radical (unpaired) electrons. The predicted octanol–water partition coefficient (Wildman–Crippen LogP) is 2.29. The molecule has 0 saturated carbocycles. The molecule has 2 N–H and O–H groups in total. The first kappa shape index (κ1) is 18.5. The number of amides is 1. The van der Waals surface area contributed by atoms with Gasteiger partial charge < -0.3 is 15.3 Å². The summed E-state index contributed by atoms with van der Waals surface area (Å²) in [6, 6.07) is 2.35. The van der Waals surface area contributed by atoms with Gasteiger partial charge in [0.15, 0.2) is 0 Å². The molecule has 1 amide bonds. The van der Waals surface area contributed by atoms with Crippen LogP contribution in [0.15, 0.2) is 18.2 Å². The number of phenolic OH excluding ortho intramolecular Hbond substituents is 1. The summed E-state index contributed by atoms with van der Waals surface area (Å²) < 4.78 is 38.4. The highest BCUT2D eigenvalue weighted by atomic mass is 19.4. The number of alkyl halides is 3. The molecular weight excluding hydrogens is 375 g/mol. The van der Waals surface area contributed by atoms with E-state index in [1.165, 1.54) is 0 Å². The van der Waals surface area contributed by atoms with E-state index in [0.29, 0.717) is 30.8 Å². The maximum Gasteiger partial charge on any atom is 0.416 e. The van der Waals surface area contributed by atoms with Crippen molar-refractivity contribution in [3.63, 3.8) is 0 Å². The quantitative estimate of drug-likeness (QED) is 0.814. The summed E-state index contributed by atoms with van der Waals surface area (Å²) in [7, 11) is 0. The fraction of sp³-hybridized carbons (Fsp3) is 0.444. The lowest BCUT2D eigenvalue weighted by Gasteiger charge is -2.30. The zero-order valence-corrected chi connectivity index (χ0v) is 15.0. The van der Waals surface area contributed by atoms with Crippen molar-refractivity contribution in [3.05, 3.63) is 29.5 Å². The van der Waals surface area contributed by atoms with Crippen LogP contribution in [-0.4, -0.2) is 45.3 Å². The Morgan fingerprint density at radius 2 is 2.04 bits per heavy atom. The lowest BCUT2D eigenvalue weighted by Crippen LogP contribution is -2.51. The van der Waals surface area contributed by atoms with Crippen LogP contribution in [0.25, 0.3) is 11.3 Å². The number of fused-ring (bicyclic) bond motifs is 1. The molecule has 0 bridgehead atoms. The average molecular weight is 393 g/mol. The van der Waals surface area contributed by atoms with E-state index in [0.717, 1.165) is 25.0 Å². The van der Waals surface area contributed by atoms with E-state index in [1.807, 2.05) is 4.90 Å². The summed E-state index contributed by atoms with van der Waals surface area (Å²) in [6.45, 7) is 2.94. The van der Waals surface area contributed by atoms with Crippen molar-refractivity contribution in [3.8, 4) is 17.0 Å². The zero-order valence-electron chi connectivity index (χ0n) is 15.0. The number of aromatic nitrogens is 3. The topological polar surface area (TPSA) is 91.2 Å². The number of rotatable bonds is 2. The maximum atomic E-state index is 12.8.